The number of hydrogen-bond acceptors (Lipinski definition) is 27. The molecule has 1 saturated heterocycles. The van der Waals surface area contributed by atoms with Crippen LogP contribution in [0.15, 0.2) is 182 Å². The maximum absolute atomic E-state index is 12.7. The first kappa shape index (κ1) is 90.4. The Morgan fingerprint density at radius 3 is 1.12 bits per heavy atom. The van der Waals surface area contributed by atoms with E-state index in [0.717, 1.165) is 113 Å². The number of aliphatic hydroxyl groups excluding tert-OH is 2. The molecule has 0 spiro atoms. The van der Waals surface area contributed by atoms with Gasteiger partial charge < -0.3 is 77.4 Å². The smallest absolute Gasteiger partial charge is 0.405 e. The Morgan fingerprint density at radius 2 is 0.775 bits per heavy atom. The van der Waals surface area contributed by atoms with E-state index < -0.39 is 40.0 Å². The summed E-state index contributed by atoms with van der Waals surface area (Å²) in [4.78, 5) is 57.0. The molecule has 3 aliphatic carbocycles. The summed E-state index contributed by atoms with van der Waals surface area (Å²) in [5.74, 6) is 0.0193. The molecular weight excluding hydrogens is 1590 g/mol. The SMILES string of the molecule is NC1CCC(CNc2nc(NCc3ccccc3OC(F)(F)F)ncc2[N+](=O)[O-])CC1.O=[N+]([O-])c1cnc(NCc2ccccc2OC(F)(F)F)nc1NCC1CCC(NC[C@@H](O)c2ccccc2)CC1.O=[N+]([O-])c1cnc(NCc2ccccc2OC(F)(F)F)nc1NCC1CCC(N[C@@H](CO)c2ccccc2)CC1.c1ccc([C@@H]2CO2)cc1. The predicted molar refractivity (Wildman–Crippen MR) is 428 cm³/mol. The van der Waals surface area contributed by atoms with Crippen molar-refractivity contribution < 1.29 is 83.4 Å². The van der Waals surface area contributed by atoms with Crippen molar-refractivity contribution in [3.05, 3.63) is 246 Å². The van der Waals surface area contributed by atoms with Crippen molar-refractivity contribution in [3.63, 3.8) is 0 Å². The van der Waals surface area contributed by atoms with Gasteiger partial charge in [-0.25, -0.2) is 15.0 Å². The number of alkyl halides is 9. The van der Waals surface area contributed by atoms with Gasteiger partial charge in [0.1, 0.15) is 41.9 Å². The number of anilines is 6. The number of halogens is 9. The Labute approximate surface area is 683 Å². The van der Waals surface area contributed by atoms with Crippen molar-refractivity contribution in [3.8, 4) is 17.2 Å². The van der Waals surface area contributed by atoms with E-state index in [1.54, 1.807) is 18.2 Å². The molecule has 3 atom stereocenters. The van der Waals surface area contributed by atoms with Crippen LogP contribution in [0.2, 0.25) is 0 Å². The van der Waals surface area contributed by atoms with Crippen molar-refractivity contribution in [2.45, 2.75) is 152 Å². The molecule has 120 heavy (non-hydrogen) atoms. The molecule has 1 aliphatic heterocycles. The standard InChI is InChI=1S/2C27H31F3N6O4.C19H23F3N6O3.C8H8O/c28-27(29,30)40-24-9-5-4-8-20(24)15-32-26-33-16-23(36(38)39)25(35-26)31-14-18-10-12-21(13-11-18)34-22(17-37)19-6-2-1-3-7-19;28-27(29,30)40-24-9-5-4-8-20(24)15-33-26-34-16-22(36(38)39)25(35-26)32-14-18-10-12-21(13-11-18)31-17-23(37)19-6-2-1-3-7-19;20-19(21,22)31-16-4-2-1-3-13(16)10-25-18-26-11-15(28(29)30)17(27-18)24-9-12-5-7-14(23)8-6-12;1-2-4-7(5-3-1)8-6-9-8/h1-9,16,18,21-22,34,37H,10-15,17H2,(H2,31,32,33,35);1-9,16,18,21,23,31,37H,10-15,17H2,(H2,32,33,34,35);1-4,11-12,14H,5-10,23H2,(H2,24,25,26,27);1-5,8H,6H2/t18?,21?,22-;18?,21?,23-;;8-/m01.0/s1. The molecule has 0 amide bonds. The molecule has 13 rings (SSSR count). The number of benzene rings is 6. The number of nitro groups is 3. The number of epoxide rings is 1. The average Bonchev–Trinajstić information content (AvgIpc) is 1.85. The minimum Gasteiger partial charge on any atom is -0.405 e. The lowest BCUT2D eigenvalue weighted by molar-refractivity contribution is -0.384. The monoisotopic (exact) mass is 1680 g/mol. The highest BCUT2D eigenvalue weighted by Crippen LogP contribution is 2.36. The summed E-state index contributed by atoms with van der Waals surface area (Å²) in [6, 6.07) is 47.1. The third-order valence-electron chi connectivity index (χ3n) is 20.2. The van der Waals surface area contributed by atoms with E-state index in [1.807, 2.05) is 78.9 Å². The third-order valence-corrected chi connectivity index (χ3v) is 20.2. The van der Waals surface area contributed by atoms with Gasteiger partial charge in [0, 0.05) is 80.6 Å². The Hall–Kier alpha value is -11.9. The van der Waals surface area contributed by atoms with Crippen molar-refractivity contribution in [1.29, 1.82) is 0 Å². The second kappa shape index (κ2) is 44.2. The summed E-state index contributed by atoms with van der Waals surface area (Å²) in [5.41, 5.74) is 8.91. The first-order valence-electron chi connectivity index (χ1n) is 38.9. The predicted octanol–water partition coefficient (Wildman–Crippen LogP) is 16.0. The van der Waals surface area contributed by atoms with Gasteiger partial charge in [-0.05, 0) is 130 Å². The number of nitrogens with one attached hydrogen (secondary N) is 8. The van der Waals surface area contributed by atoms with E-state index >= 15 is 0 Å². The number of nitrogens with two attached hydrogens (primary N) is 1. The van der Waals surface area contributed by atoms with Gasteiger partial charge in [0.25, 0.3) is 0 Å². The molecule has 30 nitrogen and oxygen atoms in total. The average molecular weight is 1680 g/mol. The second-order valence-corrected chi connectivity index (χ2v) is 28.8. The van der Waals surface area contributed by atoms with Gasteiger partial charge in [0.15, 0.2) is 0 Å². The lowest BCUT2D eigenvalue weighted by atomic mass is 9.85. The lowest BCUT2D eigenvalue weighted by Crippen LogP contribution is -2.38. The largest absolute Gasteiger partial charge is 0.573 e. The quantitative estimate of drug-likeness (QED) is 0.00787. The van der Waals surface area contributed by atoms with Gasteiger partial charge in [-0.1, -0.05) is 146 Å². The fraction of sp³-hybridized carbons (Fsp3) is 0.407. The lowest BCUT2D eigenvalue weighted by Gasteiger charge is -2.32. The third kappa shape index (κ3) is 30.2. The van der Waals surface area contributed by atoms with Crippen LogP contribution >= 0.6 is 0 Å². The molecule has 4 heterocycles. The Kier molecular flexibility index (Phi) is 33.3. The second-order valence-electron chi connectivity index (χ2n) is 28.8. The van der Waals surface area contributed by atoms with Gasteiger partial charge in [-0.15, -0.1) is 39.5 Å². The minimum absolute atomic E-state index is 0.000182. The maximum atomic E-state index is 12.7. The van der Waals surface area contributed by atoms with Crippen LogP contribution in [0.5, 0.6) is 17.2 Å². The molecule has 0 bridgehead atoms. The van der Waals surface area contributed by atoms with E-state index in [4.69, 9.17) is 10.5 Å². The van der Waals surface area contributed by atoms with Gasteiger partial charge >= 0.3 is 36.1 Å². The number of hydrogen-bond donors (Lipinski definition) is 11. The number of para-hydroxylation sites is 3. The number of aromatic nitrogens is 6. The summed E-state index contributed by atoms with van der Waals surface area (Å²) < 4.78 is 131. The van der Waals surface area contributed by atoms with Crippen molar-refractivity contribution in [2.75, 3.05) is 71.3 Å². The van der Waals surface area contributed by atoms with Gasteiger partial charge in [0.2, 0.25) is 35.3 Å². The fourth-order valence-corrected chi connectivity index (χ4v) is 13.7. The topological polar surface area (TPSA) is 410 Å². The zero-order chi connectivity index (χ0) is 85.6. The summed E-state index contributed by atoms with van der Waals surface area (Å²) in [6.45, 7) is 2.58. The summed E-state index contributed by atoms with van der Waals surface area (Å²) in [5, 5.41) is 79.1. The number of ether oxygens (including phenoxy) is 4. The van der Waals surface area contributed by atoms with Crippen LogP contribution in [0.1, 0.15) is 129 Å². The Morgan fingerprint density at radius 1 is 0.450 bits per heavy atom. The molecule has 0 unspecified atom stereocenters. The van der Waals surface area contributed by atoms with E-state index in [-0.39, 0.29) is 149 Å². The van der Waals surface area contributed by atoms with Crippen LogP contribution in [0.25, 0.3) is 0 Å². The Balaban J connectivity index is 0.000000180. The molecule has 4 fully saturated rings. The summed E-state index contributed by atoms with van der Waals surface area (Å²) in [7, 11) is 0. The van der Waals surface area contributed by atoms with E-state index in [0.29, 0.717) is 38.2 Å². The van der Waals surface area contributed by atoms with Crippen LogP contribution in [0.4, 0.5) is 91.9 Å². The molecule has 39 heteroatoms. The molecule has 0 radical (unpaired) electrons. The summed E-state index contributed by atoms with van der Waals surface area (Å²) >= 11 is 0. The molecule has 12 N–H and O–H groups in total. The van der Waals surface area contributed by atoms with E-state index in [2.05, 4.69) is 98.8 Å². The van der Waals surface area contributed by atoms with Gasteiger partial charge in [-0.2, -0.15) is 15.0 Å². The highest BCUT2D eigenvalue weighted by atomic mass is 19.4. The van der Waals surface area contributed by atoms with Crippen molar-refractivity contribution in [2.24, 2.45) is 23.5 Å². The van der Waals surface area contributed by atoms with Crippen LogP contribution in [0, 0.1) is 48.1 Å². The van der Waals surface area contributed by atoms with Crippen LogP contribution < -0.4 is 62.5 Å². The van der Waals surface area contributed by atoms with E-state index in [9.17, 15) is 80.1 Å². The van der Waals surface area contributed by atoms with Crippen LogP contribution in [-0.4, -0.2) is 131 Å². The number of nitrogens with zero attached hydrogens (tertiary/aromatic N) is 9. The van der Waals surface area contributed by atoms with E-state index in [1.165, 1.54) is 60.2 Å². The maximum Gasteiger partial charge on any atom is 0.573 e. The first-order valence-corrected chi connectivity index (χ1v) is 38.9. The zero-order valence-electron chi connectivity index (χ0n) is 64.8. The molecular formula is C81H93F9N18O12. The molecule has 642 valence electrons. The zero-order valence-corrected chi connectivity index (χ0v) is 64.8. The van der Waals surface area contributed by atoms with Crippen LogP contribution in [-0.2, 0) is 24.4 Å². The molecule has 3 saturated carbocycles. The molecule has 9 aromatic rings. The molecule has 4 aliphatic rings. The molecule has 3 aromatic heterocycles. The van der Waals surface area contributed by atoms with Gasteiger partial charge in [-0.3, -0.25) is 30.3 Å². The number of aliphatic hydroxyl groups is 2. The van der Waals surface area contributed by atoms with Crippen molar-refractivity contribution >= 4 is 52.4 Å². The normalized spacial score (nSPS) is 18.8. The first-order chi connectivity index (χ1) is 57.6. The highest BCUT2D eigenvalue weighted by molar-refractivity contribution is 5.59. The number of rotatable bonds is 33. The van der Waals surface area contributed by atoms with Crippen molar-refractivity contribution in [1.82, 2.24) is 40.5 Å². The van der Waals surface area contributed by atoms with Gasteiger partial charge in [0.05, 0.1) is 40.1 Å². The van der Waals surface area contributed by atoms with Crippen LogP contribution in [0.3, 0.4) is 0 Å². The fourth-order valence-electron chi connectivity index (χ4n) is 13.7. The highest BCUT2D eigenvalue weighted by Gasteiger charge is 2.36. The Bertz CT molecular complexity index is 4690. The molecule has 6 aromatic carbocycles. The summed E-state index contributed by atoms with van der Waals surface area (Å²) in [6.07, 6.45) is -0.636. The minimum atomic E-state index is -4.84.